The Balaban J connectivity index is 2.00. The predicted molar refractivity (Wildman–Crippen MR) is 72.6 cm³/mol. The van der Waals surface area contributed by atoms with Crippen LogP contribution in [0.3, 0.4) is 0 Å². The van der Waals surface area contributed by atoms with Gasteiger partial charge in [0.1, 0.15) is 12.1 Å². The molecule has 0 atom stereocenters. The molecular weight excluding hydrogens is 230 g/mol. The zero-order valence-corrected chi connectivity index (χ0v) is 11.1. The van der Waals surface area contributed by atoms with Crippen LogP contribution in [-0.2, 0) is 0 Å². The molecule has 2 heterocycles. The van der Waals surface area contributed by atoms with Crippen molar-refractivity contribution in [3.8, 4) is 0 Å². The van der Waals surface area contributed by atoms with Crippen molar-refractivity contribution in [2.24, 2.45) is 0 Å². The molecule has 1 N–H and O–H groups in total. The number of hydrogen-bond acceptors (Lipinski definition) is 4. The van der Waals surface area contributed by atoms with E-state index in [-0.39, 0.29) is 5.54 Å². The van der Waals surface area contributed by atoms with Crippen LogP contribution in [0.4, 0.5) is 5.82 Å². The van der Waals surface area contributed by atoms with E-state index in [2.05, 4.69) is 34.5 Å². The number of rotatable bonds is 2. The van der Waals surface area contributed by atoms with Gasteiger partial charge in [-0.25, -0.2) is 9.97 Å². The van der Waals surface area contributed by atoms with Crippen molar-refractivity contribution in [1.29, 1.82) is 0 Å². The van der Waals surface area contributed by atoms with Crippen molar-refractivity contribution in [3.05, 3.63) is 17.3 Å². The molecule has 0 aromatic carbocycles. The van der Waals surface area contributed by atoms with Crippen LogP contribution < -0.4 is 5.32 Å². The summed E-state index contributed by atoms with van der Waals surface area (Å²) >= 11 is 1.74. The van der Waals surface area contributed by atoms with Gasteiger partial charge in [0, 0.05) is 5.54 Å². The van der Waals surface area contributed by atoms with Gasteiger partial charge < -0.3 is 5.32 Å². The van der Waals surface area contributed by atoms with Gasteiger partial charge in [0.15, 0.2) is 0 Å². The number of nitrogens with zero attached hydrogens (tertiary/aromatic N) is 2. The minimum absolute atomic E-state index is 0.221. The zero-order chi connectivity index (χ0) is 11.9. The highest BCUT2D eigenvalue weighted by atomic mass is 32.1. The molecule has 4 heteroatoms. The Morgan fingerprint density at radius 1 is 1.29 bits per heavy atom. The minimum atomic E-state index is 0.221. The molecule has 0 unspecified atom stereocenters. The van der Waals surface area contributed by atoms with Crippen molar-refractivity contribution < 1.29 is 0 Å². The van der Waals surface area contributed by atoms with Gasteiger partial charge in [-0.2, -0.15) is 0 Å². The van der Waals surface area contributed by atoms with Crippen molar-refractivity contribution in [1.82, 2.24) is 9.97 Å². The standard InChI is InChI=1S/C13H17N3S/c1-9-7-17-11-10(9)14-8-15-12(11)16-13(2)5-3-4-6-13/h7-8H,3-6H2,1-2H3,(H,14,15,16). The van der Waals surface area contributed by atoms with Crippen LogP contribution >= 0.6 is 11.3 Å². The quantitative estimate of drug-likeness (QED) is 0.878. The predicted octanol–water partition coefficient (Wildman–Crippen LogP) is 3.74. The Morgan fingerprint density at radius 2 is 2.06 bits per heavy atom. The molecule has 0 saturated heterocycles. The maximum absolute atomic E-state index is 4.42. The van der Waals surface area contributed by atoms with Gasteiger partial charge in [-0.1, -0.05) is 12.8 Å². The number of fused-ring (bicyclic) bond motifs is 1. The molecule has 90 valence electrons. The lowest BCUT2D eigenvalue weighted by molar-refractivity contribution is 0.532. The van der Waals surface area contributed by atoms with E-state index in [1.807, 2.05) is 0 Å². The second kappa shape index (κ2) is 3.95. The second-order valence-electron chi connectivity index (χ2n) is 5.21. The lowest BCUT2D eigenvalue weighted by Gasteiger charge is -2.26. The number of nitrogens with one attached hydrogen (secondary N) is 1. The summed E-state index contributed by atoms with van der Waals surface area (Å²) in [4.78, 5) is 8.78. The maximum Gasteiger partial charge on any atom is 0.147 e. The van der Waals surface area contributed by atoms with E-state index in [1.54, 1.807) is 17.7 Å². The lowest BCUT2D eigenvalue weighted by Crippen LogP contribution is -2.31. The van der Waals surface area contributed by atoms with Crippen LogP contribution in [-0.4, -0.2) is 15.5 Å². The first kappa shape index (κ1) is 11.0. The Hall–Kier alpha value is -1.16. The van der Waals surface area contributed by atoms with Gasteiger partial charge in [0.05, 0.1) is 10.2 Å². The van der Waals surface area contributed by atoms with E-state index in [1.165, 1.54) is 35.9 Å². The third-order valence-electron chi connectivity index (χ3n) is 3.66. The monoisotopic (exact) mass is 247 g/mol. The van der Waals surface area contributed by atoms with Crippen molar-refractivity contribution in [2.75, 3.05) is 5.32 Å². The molecular formula is C13H17N3S. The third kappa shape index (κ3) is 1.90. The maximum atomic E-state index is 4.42. The first-order chi connectivity index (χ1) is 8.18. The van der Waals surface area contributed by atoms with Gasteiger partial charge in [-0.3, -0.25) is 0 Å². The third-order valence-corrected chi connectivity index (χ3v) is 4.75. The van der Waals surface area contributed by atoms with Crippen LogP contribution in [0.2, 0.25) is 0 Å². The van der Waals surface area contributed by atoms with Crippen LogP contribution in [0.25, 0.3) is 10.2 Å². The van der Waals surface area contributed by atoms with E-state index >= 15 is 0 Å². The Morgan fingerprint density at radius 3 is 2.82 bits per heavy atom. The fourth-order valence-corrected chi connectivity index (χ4v) is 3.57. The second-order valence-corrected chi connectivity index (χ2v) is 6.09. The average molecular weight is 247 g/mol. The molecule has 1 fully saturated rings. The van der Waals surface area contributed by atoms with E-state index < -0.39 is 0 Å². The van der Waals surface area contributed by atoms with Gasteiger partial charge in [0.2, 0.25) is 0 Å². The van der Waals surface area contributed by atoms with Crippen LogP contribution in [0.1, 0.15) is 38.2 Å². The van der Waals surface area contributed by atoms with E-state index in [9.17, 15) is 0 Å². The molecule has 0 amide bonds. The van der Waals surface area contributed by atoms with E-state index in [4.69, 9.17) is 0 Å². The smallest absolute Gasteiger partial charge is 0.147 e. The summed E-state index contributed by atoms with van der Waals surface area (Å²) in [5.74, 6) is 1.01. The highest BCUT2D eigenvalue weighted by molar-refractivity contribution is 7.18. The molecule has 1 aliphatic rings. The van der Waals surface area contributed by atoms with Gasteiger partial charge in [0.25, 0.3) is 0 Å². The van der Waals surface area contributed by atoms with Crippen molar-refractivity contribution in [2.45, 2.75) is 45.1 Å². The molecule has 0 spiro atoms. The number of aromatic nitrogens is 2. The topological polar surface area (TPSA) is 37.8 Å². The fraction of sp³-hybridized carbons (Fsp3) is 0.538. The molecule has 3 rings (SSSR count). The molecule has 1 aliphatic carbocycles. The largest absolute Gasteiger partial charge is 0.364 e. The fourth-order valence-electron chi connectivity index (χ4n) is 2.62. The number of anilines is 1. The Kier molecular flexibility index (Phi) is 2.54. The van der Waals surface area contributed by atoms with Crippen LogP contribution in [0.15, 0.2) is 11.7 Å². The molecule has 0 aliphatic heterocycles. The SMILES string of the molecule is Cc1csc2c(NC3(C)CCCC3)ncnc12. The van der Waals surface area contributed by atoms with E-state index in [0.29, 0.717) is 0 Å². The summed E-state index contributed by atoms with van der Waals surface area (Å²) in [6, 6.07) is 0. The first-order valence-electron chi connectivity index (χ1n) is 6.15. The van der Waals surface area contributed by atoms with Crippen LogP contribution in [0.5, 0.6) is 0 Å². The molecule has 0 radical (unpaired) electrons. The highest BCUT2D eigenvalue weighted by Gasteiger charge is 2.29. The van der Waals surface area contributed by atoms with Gasteiger partial charge >= 0.3 is 0 Å². The molecule has 2 aromatic heterocycles. The van der Waals surface area contributed by atoms with Gasteiger partial charge in [-0.15, -0.1) is 11.3 Å². The van der Waals surface area contributed by atoms with Crippen molar-refractivity contribution >= 4 is 27.4 Å². The summed E-state index contributed by atoms with van der Waals surface area (Å²) in [5, 5.41) is 5.79. The zero-order valence-electron chi connectivity index (χ0n) is 10.3. The Bertz CT molecular complexity index is 541. The molecule has 0 bridgehead atoms. The summed E-state index contributed by atoms with van der Waals surface area (Å²) in [6.45, 7) is 4.40. The number of hydrogen-bond donors (Lipinski definition) is 1. The first-order valence-corrected chi connectivity index (χ1v) is 7.03. The minimum Gasteiger partial charge on any atom is -0.364 e. The average Bonchev–Trinajstić information content (AvgIpc) is 2.88. The molecule has 3 nitrogen and oxygen atoms in total. The lowest BCUT2D eigenvalue weighted by atomic mass is 10.0. The number of aryl methyl sites for hydroxylation is 1. The molecule has 2 aromatic rings. The molecule has 17 heavy (non-hydrogen) atoms. The van der Waals surface area contributed by atoms with Gasteiger partial charge in [-0.05, 0) is 37.6 Å². The van der Waals surface area contributed by atoms with Crippen molar-refractivity contribution in [3.63, 3.8) is 0 Å². The summed E-state index contributed by atoms with van der Waals surface area (Å²) in [7, 11) is 0. The van der Waals surface area contributed by atoms with E-state index in [0.717, 1.165) is 11.3 Å². The molecule has 1 saturated carbocycles. The normalized spacial score (nSPS) is 18.7. The Labute approximate surface area is 105 Å². The van der Waals surface area contributed by atoms with Crippen LogP contribution in [0, 0.1) is 6.92 Å². The summed E-state index contributed by atoms with van der Waals surface area (Å²) < 4.78 is 1.19. The number of thiophene rings is 1. The summed E-state index contributed by atoms with van der Waals surface area (Å²) in [5.41, 5.74) is 2.56. The highest BCUT2D eigenvalue weighted by Crippen LogP contribution is 2.35. The summed E-state index contributed by atoms with van der Waals surface area (Å²) in [6.07, 6.45) is 6.79.